The highest BCUT2D eigenvalue weighted by Gasteiger charge is 2.17. The molecular weight excluding hydrogens is 354 g/mol. The molecule has 8 heteroatoms. The van der Waals surface area contributed by atoms with Crippen molar-refractivity contribution in [1.29, 1.82) is 5.41 Å². The Hall–Kier alpha value is -3.19. The van der Waals surface area contributed by atoms with E-state index in [1.165, 1.54) is 7.05 Å². The number of hydrogen-bond donors (Lipinski definition) is 4. The van der Waals surface area contributed by atoms with E-state index >= 15 is 0 Å². The molecule has 1 heterocycles. The molecule has 0 aliphatic rings. The summed E-state index contributed by atoms with van der Waals surface area (Å²) in [5, 5.41) is 8.49. The van der Waals surface area contributed by atoms with Crippen molar-refractivity contribution in [2.45, 2.75) is 6.61 Å². The van der Waals surface area contributed by atoms with Crippen molar-refractivity contribution in [2.24, 2.45) is 5.73 Å². The monoisotopic (exact) mass is 371 g/mol. The van der Waals surface area contributed by atoms with Gasteiger partial charge in [-0.15, -0.1) is 0 Å². The number of benzene rings is 2. The quantitative estimate of drug-likeness (QED) is 0.320. The van der Waals surface area contributed by atoms with E-state index in [4.69, 9.17) is 33.2 Å². The van der Waals surface area contributed by atoms with Gasteiger partial charge in [0.2, 0.25) is 0 Å². The maximum absolute atomic E-state index is 12.3. The number of H-pyrrole nitrogens is 1. The maximum atomic E-state index is 12.3. The SMILES string of the molecule is CN(C(=N)N)C(=O)c1cc2c(Cl)cc(OCc3cccc(N)c3)cc2[nH]1. The predicted octanol–water partition coefficient (Wildman–Crippen LogP) is 2.95. The van der Waals surface area contributed by atoms with E-state index in [9.17, 15) is 4.79 Å². The highest BCUT2D eigenvalue weighted by molar-refractivity contribution is 6.35. The van der Waals surface area contributed by atoms with Crippen molar-refractivity contribution in [3.63, 3.8) is 0 Å². The van der Waals surface area contributed by atoms with Crippen molar-refractivity contribution in [2.75, 3.05) is 12.8 Å². The second-order valence-corrected chi connectivity index (χ2v) is 6.24. The van der Waals surface area contributed by atoms with Gasteiger partial charge in [-0.05, 0) is 29.8 Å². The Morgan fingerprint density at radius 3 is 2.77 bits per heavy atom. The number of nitrogens with two attached hydrogens (primary N) is 2. The number of aromatic nitrogens is 1. The summed E-state index contributed by atoms with van der Waals surface area (Å²) in [5.74, 6) is -0.205. The molecule has 7 nitrogen and oxygen atoms in total. The Balaban J connectivity index is 1.85. The highest BCUT2D eigenvalue weighted by Crippen LogP contribution is 2.30. The molecule has 0 atom stereocenters. The molecule has 3 rings (SSSR count). The Morgan fingerprint density at radius 2 is 2.08 bits per heavy atom. The first-order valence-corrected chi connectivity index (χ1v) is 8.14. The zero-order chi connectivity index (χ0) is 18.8. The van der Waals surface area contributed by atoms with E-state index in [1.807, 2.05) is 24.3 Å². The smallest absolute Gasteiger partial charge is 0.276 e. The molecule has 0 radical (unpaired) electrons. The third-order valence-electron chi connectivity index (χ3n) is 3.91. The molecule has 26 heavy (non-hydrogen) atoms. The topological polar surface area (TPSA) is 121 Å². The van der Waals surface area contributed by atoms with Gasteiger partial charge in [-0.2, -0.15) is 0 Å². The summed E-state index contributed by atoms with van der Waals surface area (Å²) in [6, 6.07) is 12.5. The normalized spacial score (nSPS) is 10.7. The number of guanidine groups is 1. The molecule has 0 saturated heterocycles. The molecule has 3 aromatic rings. The minimum atomic E-state index is -0.424. The van der Waals surface area contributed by atoms with Crippen LogP contribution in [-0.2, 0) is 6.61 Å². The van der Waals surface area contributed by atoms with Crippen LogP contribution in [0.3, 0.4) is 0 Å². The zero-order valence-corrected chi connectivity index (χ0v) is 14.8. The Morgan fingerprint density at radius 1 is 1.31 bits per heavy atom. The summed E-state index contributed by atoms with van der Waals surface area (Å²) in [7, 11) is 1.43. The summed E-state index contributed by atoms with van der Waals surface area (Å²) < 4.78 is 5.78. The van der Waals surface area contributed by atoms with Crippen molar-refractivity contribution >= 4 is 40.1 Å². The molecule has 1 amide bonds. The molecule has 0 unspecified atom stereocenters. The van der Waals surface area contributed by atoms with Crippen LogP contribution >= 0.6 is 11.6 Å². The largest absolute Gasteiger partial charge is 0.489 e. The lowest BCUT2D eigenvalue weighted by atomic mass is 10.2. The number of carbonyl (C=O) groups is 1. The van der Waals surface area contributed by atoms with Gasteiger partial charge in [-0.3, -0.25) is 15.1 Å². The number of fused-ring (bicyclic) bond motifs is 1. The van der Waals surface area contributed by atoms with Gasteiger partial charge in [-0.25, -0.2) is 0 Å². The Bertz CT molecular complexity index is 998. The highest BCUT2D eigenvalue weighted by atomic mass is 35.5. The first kappa shape index (κ1) is 17.6. The maximum Gasteiger partial charge on any atom is 0.276 e. The van der Waals surface area contributed by atoms with Crippen LogP contribution in [0.25, 0.3) is 10.9 Å². The van der Waals surface area contributed by atoms with Crippen LogP contribution in [0.2, 0.25) is 5.02 Å². The average Bonchev–Trinajstić information content (AvgIpc) is 3.03. The number of aromatic amines is 1. The van der Waals surface area contributed by atoms with Crippen molar-refractivity contribution in [1.82, 2.24) is 9.88 Å². The molecule has 6 N–H and O–H groups in total. The molecule has 0 aliphatic heterocycles. The molecule has 0 aliphatic carbocycles. The fraction of sp³-hybridized carbons (Fsp3) is 0.111. The summed E-state index contributed by atoms with van der Waals surface area (Å²) in [4.78, 5) is 16.3. The third kappa shape index (κ3) is 3.57. The van der Waals surface area contributed by atoms with Crippen molar-refractivity contribution < 1.29 is 9.53 Å². The van der Waals surface area contributed by atoms with Gasteiger partial charge in [0.1, 0.15) is 18.1 Å². The summed E-state index contributed by atoms with van der Waals surface area (Å²) in [6.45, 7) is 0.340. The number of nitrogens with zero attached hydrogens (tertiary/aromatic N) is 1. The lowest BCUT2D eigenvalue weighted by molar-refractivity contribution is 0.0864. The number of nitrogen functional groups attached to an aromatic ring is 1. The van der Waals surface area contributed by atoms with Crippen LogP contribution in [0.4, 0.5) is 5.69 Å². The van der Waals surface area contributed by atoms with Gasteiger partial charge in [0.05, 0.1) is 10.5 Å². The second-order valence-electron chi connectivity index (χ2n) is 5.83. The van der Waals surface area contributed by atoms with Crippen LogP contribution in [0.1, 0.15) is 16.1 Å². The van der Waals surface area contributed by atoms with E-state index in [0.29, 0.717) is 34.0 Å². The number of ether oxygens (including phenoxy) is 1. The zero-order valence-electron chi connectivity index (χ0n) is 14.0. The number of halogens is 1. The van der Waals surface area contributed by atoms with Gasteiger partial charge in [0, 0.05) is 24.2 Å². The van der Waals surface area contributed by atoms with E-state index < -0.39 is 5.91 Å². The number of nitrogens with one attached hydrogen (secondary N) is 2. The number of rotatable bonds is 4. The summed E-state index contributed by atoms with van der Waals surface area (Å²) in [5.41, 5.74) is 13.7. The minimum Gasteiger partial charge on any atom is -0.489 e. The average molecular weight is 372 g/mol. The lowest BCUT2D eigenvalue weighted by Crippen LogP contribution is -2.38. The molecule has 134 valence electrons. The lowest BCUT2D eigenvalue weighted by Gasteiger charge is -2.12. The fourth-order valence-electron chi connectivity index (χ4n) is 2.51. The predicted molar refractivity (Wildman–Crippen MR) is 103 cm³/mol. The molecule has 0 spiro atoms. The Kier molecular flexibility index (Phi) is 4.73. The summed E-state index contributed by atoms with van der Waals surface area (Å²) >= 11 is 6.32. The molecule has 0 bridgehead atoms. The van der Waals surface area contributed by atoms with Crippen molar-refractivity contribution in [3.05, 3.63) is 58.7 Å². The number of carbonyl (C=O) groups excluding carboxylic acids is 1. The van der Waals surface area contributed by atoms with Crippen LogP contribution < -0.4 is 16.2 Å². The first-order valence-electron chi connectivity index (χ1n) is 7.76. The van der Waals surface area contributed by atoms with E-state index in [1.54, 1.807) is 18.2 Å². The van der Waals surface area contributed by atoms with Gasteiger partial charge in [0.15, 0.2) is 5.96 Å². The van der Waals surface area contributed by atoms with E-state index in [2.05, 4.69) is 4.98 Å². The standard InChI is InChI=1S/C18H18ClN5O2/c1-24(18(21)22)17(25)16-8-13-14(19)6-12(7-15(13)23-16)26-9-10-3-2-4-11(20)5-10/h2-8,23H,9,20H2,1H3,(H3,21,22). The van der Waals surface area contributed by atoms with Crippen LogP contribution in [0.15, 0.2) is 42.5 Å². The van der Waals surface area contributed by atoms with Gasteiger partial charge in [-0.1, -0.05) is 23.7 Å². The van der Waals surface area contributed by atoms with Crippen LogP contribution in [0, 0.1) is 5.41 Å². The number of anilines is 1. The molecule has 2 aromatic carbocycles. The first-order chi connectivity index (χ1) is 12.3. The van der Waals surface area contributed by atoms with Gasteiger partial charge >= 0.3 is 0 Å². The second kappa shape index (κ2) is 6.97. The Labute approximate surface area is 155 Å². The number of amides is 1. The summed E-state index contributed by atoms with van der Waals surface area (Å²) in [6.07, 6.45) is 0. The van der Waals surface area contributed by atoms with Gasteiger partial charge in [0.25, 0.3) is 5.91 Å². The molecule has 1 aromatic heterocycles. The molecular formula is C18H18ClN5O2. The van der Waals surface area contributed by atoms with Crippen LogP contribution in [0.5, 0.6) is 5.75 Å². The van der Waals surface area contributed by atoms with Gasteiger partial charge < -0.3 is 21.2 Å². The molecule has 0 fully saturated rings. The number of hydrogen-bond acceptors (Lipinski definition) is 4. The minimum absolute atomic E-state index is 0.285. The van der Waals surface area contributed by atoms with E-state index in [-0.39, 0.29) is 11.7 Å². The van der Waals surface area contributed by atoms with E-state index in [0.717, 1.165) is 10.5 Å². The molecule has 0 saturated carbocycles. The van der Waals surface area contributed by atoms with Crippen molar-refractivity contribution in [3.8, 4) is 5.75 Å². The van der Waals surface area contributed by atoms with Crippen LogP contribution in [-0.4, -0.2) is 28.8 Å². The third-order valence-corrected chi connectivity index (χ3v) is 4.23. The fourth-order valence-corrected chi connectivity index (χ4v) is 2.77.